The van der Waals surface area contributed by atoms with Crippen LogP contribution in [0.2, 0.25) is 0 Å². The van der Waals surface area contributed by atoms with Crippen molar-refractivity contribution in [3.63, 3.8) is 0 Å². The molecule has 5 nitrogen and oxygen atoms in total. The standard InChI is InChI=1S/C21H26N2O3S/c1-15-7-9-19(10-8-15)27(25,26)23-13-11-18(12-14-23)21(24)22-20-6-4-5-16(2)17(20)3/h4-10,18H,11-14H2,1-3H3,(H,22,24). The lowest BCUT2D eigenvalue weighted by Gasteiger charge is -2.30. The molecular weight excluding hydrogens is 360 g/mol. The molecule has 1 heterocycles. The molecule has 1 saturated heterocycles. The average Bonchev–Trinajstić information content (AvgIpc) is 2.66. The molecule has 0 radical (unpaired) electrons. The summed E-state index contributed by atoms with van der Waals surface area (Å²) in [6, 6.07) is 12.7. The molecule has 0 aliphatic carbocycles. The quantitative estimate of drug-likeness (QED) is 0.872. The van der Waals surface area contributed by atoms with E-state index in [0.717, 1.165) is 22.4 Å². The van der Waals surface area contributed by atoms with E-state index in [2.05, 4.69) is 5.32 Å². The molecule has 0 bridgehead atoms. The monoisotopic (exact) mass is 386 g/mol. The van der Waals surface area contributed by atoms with Crippen LogP contribution in [0.3, 0.4) is 0 Å². The summed E-state index contributed by atoms with van der Waals surface area (Å²) in [7, 11) is -3.50. The van der Waals surface area contributed by atoms with Gasteiger partial charge in [-0.1, -0.05) is 29.8 Å². The number of nitrogens with zero attached hydrogens (tertiary/aromatic N) is 1. The Morgan fingerprint density at radius 3 is 2.26 bits per heavy atom. The van der Waals surface area contributed by atoms with Gasteiger partial charge in [-0.05, 0) is 62.9 Å². The summed E-state index contributed by atoms with van der Waals surface area (Å²) in [6.07, 6.45) is 1.06. The fourth-order valence-electron chi connectivity index (χ4n) is 3.34. The first-order chi connectivity index (χ1) is 12.8. The number of carbonyl (C=O) groups excluding carboxylic acids is 1. The van der Waals surface area contributed by atoms with Crippen LogP contribution >= 0.6 is 0 Å². The van der Waals surface area contributed by atoms with Gasteiger partial charge >= 0.3 is 0 Å². The third kappa shape index (κ3) is 4.22. The second-order valence-electron chi connectivity index (χ2n) is 7.23. The number of benzene rings is 2. The van der Waals surface area contributed by atoms with Crippen molar-refractivity contribution < 1.29 is 13.2 Å². The van der Waals surface area contributed by atoms with E-state index in [9.17, 15) is 13.2 Å². The van der Waals surface area contributed by atoms with Crippen molar-refractivity contribution in [2.24, 2.45) is 5.92 Å². The topological polar surface area (TPSA) is 66.5 Å². The number of nitrogens with one attached hydrogen (secondary N) is 1. The number of hydrogen-bond donors (Lipinski definition) is 1. The van der Waals surface area contributed by atoms with Crippen molar-refractivity contribution in [1.29, 1.82) is 0 Å². The van der Waals surface area contributed by atoms with E-state index in [1.807, 2.05) is 39.0 Å². The Morgan fingerprint density at radius 1 is 1.00 bits per heavy atom. The second-order valence-corrected chi connectivity index (χ2v) is 9.17. The van der Waals surface area contributed by atoms with E-state index < -0.39 is 10.0 Å². The maximum Gasteiger partial charge on any atom is 0.243 e. The van der Waals surface area contributed by atoms with Crippen molar-refractivity contribution in [3.05, 3.63) is 59.2 Å². The third-order valence-corrected chi connectivity index (χ3v) is 7.26. The zero-order valence-electron chi connectivity index (χ0n) is 16.0. The van der Waals surface area contributed by atoms with Crippen LogP contribution < -0.4 is 5.32 Å². The summed E-state index contributed by atoms with van der Waals surface area (Å²) in [6.45, 7) is 6.65. The molecule has 1 aliphatic rings. The molecule has 1 aliphatic heterocycles. The van der Waals surface area contributed by atoms with Crippen LogP contribution in [0, 0.1) is 26.7 Å². The van der Waals surface area contributed by atoms with Gasteiger partial charge < -0.3 is 5.32 Å². The number of piperidine rings is 1. The molecular formula is C21H26N2O3S. The summed E-state index contributed by atoms with van der Waals surface area (Å²) in [5, 5.41) is 3.01. The number of amides is 1. The molecule has 1 amide bonds. The Labute approximate surface area is 161 Å². The predicted molar refractivity (Wildman–Crippen MR) is 107 cm³/mol. The summed E-state index contributed by atoms with van der Waals surface area (Å²) in [5.41, 5.74) is 4.04. The van der Waals surface area contributed by atoms with E-state index in [1.54, 1.807) is 24.3 Å². The molecule has 0 saturated carbocycles. The van der Waals surface area contributed by atoms with Crippen LogP contribution in [0.25, 0.3) is 0 Å². The molecule has 0 aromatic heterocycles. The van der Waals surface area contributed by atoms with E-state index in [-0.39, 0.29) is 11.8 Å². The molecule has 0 spiro atoms. The molecule has 0 unspecified atom stereocenters. The minimum atomic E-state index is -3.50. The van der Waals surface area contributed by atoms with E-state index >= 15 is 0 Å². The van der Waals surface area contributed by atoms with Gasteiger partial charge in [0.25, 0.3) is 0 Å². The van der Waals surface area contributed by atoms with Crippen LogP contribution in [0.4, 0.5) is 5.69 Å². The number of hydrogen-bond acceptors (Lipinski definition) is 3. The van der Waals surface area contributed by atoms with Gasteiger partial charge in [0.15, 0.2) is 0 Å². The van der Waals surface area contributed by atoms with Gasteiger partial charge in [-0.2, -0.15) is 4.31 Å². The van der Waals surface area contributed by atoms with Crippen LogP contribution in [-0.2, 0) is 14.8 Å². The molecule has 1 fully saturated rings. The number of sulfonamides is 1. The van der Waals surface area contributed by atoms with Crippen molar-refractivity contribution in [1.82, 2.24) is 4.31 Å². The predicted octanol–water partition coefficient (Wildman–Crippen LogP) is 3.65. The SMILES string of the molecule is Cc1ccc(S(=O)(=O)N2CCC(C(=O)Nc3cccc(C)c3C)CC2)cc1. The highest BCUT2D eigenvalue weighted by atomic mass is 32.2. The number of rotatable bonds is 4. The number of aryl methyl sites for hydroxylation is 2. The molecule has 2 aromatic carbocycles. The Bertz CT molecular complexity index is 928. The molecule has 2 aromatic rings. The van der Waals surface area contributed by atoms with Crippen molar-refractivity contribution in [2.45, 2.75) is 38.5 Å². The Balaban J connectivity index is 1.63. The van der Waals surface area contributed by atoms with Gasteiger partial charge in [-0.15, -0.1) is 0 Å². The fourth-order valence-corrected chi connectivity index (χ4v) is 4.81. The Hall–Kier alpha value is -2.18. The van der Waals surface area contributed by atoms with Crippen molar-refractivity contribution in [2.75, 3.05) is 18.4 Å². The summed E-state index contributed by atoms with van der Waals surface area (Å²) in [5.74, 6) is -0.203. The highest BCUT2D eigenvalue weighted by molar-refractivity contribution is 7.89. The molecule has 27 heavy (non-hydrogen) atoms. The molecule has 0 atom stereocenters. The summed E-state index contributed by atoms with van der Waals surface area (Å²) >= 11 is 0. The minimum Gasteiger partial charge on any atom is -0.326 e. The van der Waals surface area contributed by atoms with Crippen LogP contribution in [0.15, 0.2) is 47.4 Å². The van der Waals surface area contributed by atoms with Crippen LogP contribution in [0.5, 0.6) is 0 Å². The van der Waals surface area contributed by atoms with Crippen LogP contribution in [0.1, 0.15) is 29.5 Å². The second kappa shape index (κ2) is 7.82. The van der Waals surface area contributed by atoms with Gasteiger partial charge in [0.1, 0.15) is 0 Å². The largest absolute Gasteiger partial charge is 0.326 e. The van der Waals surface area contributed by atoms with Gasteiger partial charge in [-0.25, -0.2) is 8.42 Å². The smallest absolute Gasteiger partial charge is 0.243 e. The number of carbonyl (C=O) groups is 1. The summed E-state index contributed by atoms with van der Waals surface area (Å²) in [4.78, 5) is 12.9. The lowest BCUT2D eigenvalue weighted by Crippen LogP contribution is -2.41. The third-order valence-electron chi connectivity index (χ3n) is 5.35. The van der Waals surface area contributed by atoms with E-state index in [4.69, 9.17) is 0 Å². The van der Waals surface area contributed by atoms with Crippen molar-refractivity contribution in [3.8, 4) is 0 Å². The average molecular weight is 387 g/mol. The molecule has 144 valence electrons. The lowest BCUT2D eigenvalue weighted by atomic mass is 9.97. The van der Waals surface area contributed by atoms with Gasteiger partial charge in [-0.3, -0.25) is 4.79 Å². The minimum absolute atomic E-state index is 0.0314. The normalized spacial score (nSPS) is 16.3. The van der Waals surface area contributed by atoms with E-state index in [0.29, 0.717) is 30.8 Å². The zero-order valence-corrected chi connectivity index (χ0v) is 16.8. The zero-order chi connectivity index (χ0) is 19.6. The highest BCUT2D eigenvalue weighted by Gasteiger charge is 2.32. The summed E-state index contributed by atoms with van der Waals surface area (Å²) < 4.78 is 27.0. The van der Waals surface area contributed by atoms with Gasteiger partial charge in [0.2, 0.25) is 15.9 Å². The maximum absolute atomic E-state index is 12.8. The highest BCUT2D eigenvalue weighted by Crippen LogP contribution is 2.26. The van der Waals surface area contributed by atoms with Gasteiger partial charge in [0.05, 0.1) is 4.90 Å². The fraction of sp³-hybridized carbons (Fsp3) is 0.381. The maximum atomic E-state index is 12.8. The lowest BCUT2D eigenvalue weighted by molar-refractivity contribution is -0.120. The van der Waals surface area contributed by atoms with Crippen molar-refractivity contribution >= 4 is 21.6 Å². The number of anilines is 1. The first-order valence-corrected chi connectivity index (χ1v) is 10.7. The first kappa shape index (κ1) is 19.6. The van der Waals surface area contributed by atoms with E-state index in [1.165, 1.54) is 4.31 Å². The molecule has 1 N–H and O–H groups in total. The van der Waals surface area contributed by atoms with Crippen LogP contribution in [-0.4, -0.2) is 31.7 Å². The van der Waals surface area contributed by atoms with Gasteiger partial charge in [0, 0.05) is 24.7 Å². The Kier molecular flexibility index (Phi) is 5.67. The Morgan fingerprint density at radius 2 is 1.63 bits per heavy atom. The first-order valence-electron chi connectivity index (χ1n) is 9.23. The molecule has 3 rings (SSSR count). The molecule has 6 heteroatoms.